The largest absolute Gasteiger partial charge is 0.348 e. The Morgan fingerprint density at radius 2 is 2.07 bits per heavy atom. The summed E-state index contributed by atoms with van der Waals surface area (Å²) in [5.41, 5.74) is 0. The van der Waals surface area contributed by atoms with Crippen LogP contribution in [-0.2, 0) is 0 Å². The van der Waals surface area contributed by atoms with E-state index in [-0.39, 0.29) is 0 Å². The Morgan fingerprint density at radius 3 is 2.29 bits per heavy atom. The molecule has 0 aliphatic carbocycles. The molecule has 0 aromatic carbocycles. The molecule has 2 heterocycles. The van der Waals surface area contributed by atoms with Crippen molar-refractivity contribution in [2.75, 3.05) is 0 Å². The molecule has 0 aliphatic rings. The number of aromatic amines is 2. The molecule has 0 unspecified atom stereocenters. The first-order valence-corrected chi connectivity index (χ1v) is 4.51. The first-order valence-electron chi connectivity index (χ1n) is 4.51. The van der Waals surface area contributed by atoms with E-state index in [4.69, 9.17) is 0 Å². The minimum absolute atomic E-state index is 0.519. The van der Waals surface area contributed by atoms with Crippen molar-refractivity contribution in [3.8, 4) is 0 Å². The molecule has 0 atom stereocenters. The molecule has 2 N–H and O–H groups in total. The SMILES string of the molecule is CC(C)c1ncc[nH]1.Cc1ncn[nH]1. The van der Waals surface area contributed by atoms with Gasteiger partial charge in [0.2, 0.25) is 0 Å². The van der Waals surface area contributed by atoms with E-state index in [1.165, 1.54) is 6.33 Å². The van der Waals surface area contributed by atoms with E-state index in [0.29, 0.717) is 5.92 Å². The van der Waals surface area contributed by atoms with Gasteiger partial charge in [-0.1, -0.05) is 13.8 Å². The highest BCUT2D eigenvalue weighted by atomic mass is 15.2. The van der Waals surface area contributed by atoms with Crippen LogP contribution in [0.15, 0.2) is 18.7 Å². The molecule has 0 aliphatic heterocycles. The zero-order valence-electron chi connectivity index (χ0n) is 8.65. The molecule has 0 bridgehead atoms. The van der Waals surface area contributed by atoms with Gasteiger partial charge in [-0.15, -0.1) is 0 Å². The second-order valence-corrected chi connectivity index (χ2v) is 3.20. The average molecular weight is 193 g/mol. The van der Waals surface area contributed by atoms with Crippen LogP contribution in [0.3, 0.4) is 0 Å². The Balaban J connectivity index is 0.000000146. The van der Waals surface area contributed by atoms with Crippen LogP contribution in [0, 0.1) is 6.92 Å². The van der Waals surface area contributed by atoms with Crippen LogP contribution in [0.25, 0.3) is 0 Å². The van der Waals surface area contributed by atoms with E-state index in [0.717, 1.165) is 11.6 Å². The first kappa shape index (κ1) is 10.4. The van der Waals surface area contributed by atoms with Crippen molar-refractivity contribution in [2.24, 2.45) is 0 Å². The predicted molar refractivity (Wildman–Crippen MR) is 53.8 cm³/mol. The number of hydrogen-bond donors (Lipinski definition) is 2. The first-order chi connectivity index (χ1) is 6.70. The lowest BCUT2D eigenvalue weighted by atomic mass is 10.2. The Morgan fingerprint density at radius 1 is 1.29 bits per heavy atom. The summed E-state index contributed by atoms with van der Waals surface area (Å²) in [6.45, 7) is 6.07. The standard InChI is InChI=1S/C6H10N2.C3H5N3/c1-5(2)6-7-3-4-8-6;1-3-4-2-5-6-3/h3-5H,1-2H3,(H,7,8);2H,1H3,(H,4,5,6). The topological polar surface area (TPSA) is 70.2 Å². The third kappa shape index (κ3) is 3.38. The second-order valence-electron chi connectivity index (χ2n) is 3.20. The number of imidazole rings is 1. The Labute approximate surface area is 83.0 Å². The summed E-state index contributed by atoms with van der Waals surface area (Å²) in [5.74, 6) is 2.44. The highest BCUT2D eigenvalue weighted by Crippen LogP contribution is 2.05. The Hall–Kier alpha value is -1.65. The Bertz CT molecular complexity index is 322. The summed E-state index contributed by atoms with van der Waals surface area (Å²) in [6.07, 6.45) is 5.10. The fourth-order valence-electron chi connectivity index (χ4n) is 0.860. The number of H-pyrrole nitrogens is 2. The molecule has 0 fully saturated rings. The Kier molecular flexibility index (Phi) is 3.84. The summed E-state index contributed by atoms with van der Waals surface area (Å²) in [4.78, 5) is 10.8. The molecule has 0 saturated carbocycles. The number of hydrogen-bond acceptors (Lipinski definition) is 3. The van der Waals surface area contributed by atoms with Gasteiger partial charge in [0.1, 0.15) is 18.0 Å². The van der Waals surface area contributed by atoms with Gasteiger partial charge in [0.15, 0.2) is 0 Å². The number of nitrogens with zero attached hydrogens (tertiary/aromatic N) is 3. The van der Waals surface area contributed by atoms with Gasteiger partial charge in [0, 0.05) is 18.3 Å². The van der Waals surface area contributed by atoms with Crippen molar-refractivity contribution < 1.29 is 0 Å². The molecule has 2 aromatic heterocycles. The summed E-state index contributed by atoms with van der Waals surface area (Å²) < 4.78 is 0. The minimum Gasteiger partial charge on any atom is -0.348 e. The zero-order valence-corrected chi connectivity index (χ0v) is 8.65. The fourth-order valence-corrected chi connectivity index (χ4v) is 0.860. The second kappa shape index (κ2) is 5.16. The maximum absolute atomic E-state index is 4.06. The van der Waals surface area contributed by atoms with E-state index < -0.39 is 0 Å². The van der Waals surface area contributed by atoms with Crippen molar-refractivity contribution in [3.63, 3.8) is 0 Å². The van der Waals surface area contributed by atoms with Gasteiger partial charge in [-0.3, -0.25) is 5.10 Å². The molecule has 5 heteroatoms. The molecule has 14 heavy (non-hydrogen) atoms. The van der Waals surface area contributed by atoms with Crippen molar-refractivity contribution in [2.45, 2.75) is 26.7 Å². The lowest BCUT2D eigenvalue weighted by Crippen LogP contribution is -1.87. The maximum atomic E-state index is 4.06. The van der Waals surface area contributed by atoms with Crippen molar-refractivity contribution in [1.82, 2.24) is 25.1 Å². The molecule has 0 amide bonds. The van der Waals surface area contributed by atoms with E-state index in [1.54, 1.807) is 6.20 Å². The van der Waals surface area contributed by atoms with Crippen LogP contribution in [0.1, 0.15) is 31.4 Å². The summed E-state index contributed by atoms with van der Waals surface area (Å²) >= 11 is 0. The third-order valence-electron chi connectivity index (χ3n) is 1.60. The van der Waals surface area contributed by atoms with Gasteiger partial charge >= 0.3 is 0 Å². The number of aromatic nitrogens is 5. The van der Waals surface area contributed by atoms with Crippen LogP contribution in [0.4, 0.5) is 0 Å². The van der Waals surface area contributed by atoms with Gasteiger partial charge < -0.3 is 4.98 Å². The highest BCUT2D eigenvalue weighted by molar-refractivity contribution is 4.92. The molecular weight excluding hydrogens is 178 g/mol. The summed E-state index contributed by atoms with van der Waals surface area (Å²) in [6, 6.07) is 0. The van der Waals surface area contributed by atoms with E-state index in [2.05, 4.69) is 39.0 Å². The smallest absolute Gasteiger partial charge is 0.137 e. The highest BCUT2D eigenvalue weighted by Gasteiger charge is 1.96. The molecule has 2 aromatic rings. The van der Waals surface area contributed by atoms with Gasteiger partial charge in [-0.05, 0) is 6.92 Å². The van der Waals surface area contributed by atoms with Gasteiger partial charge in [0.05, 0.1) is 0 Å². The molecule has 2 rings (SSSR count). The normalized spacial score (nSPS) is 9.71. The molecular formula is C9H15N5. The quantitative estimate of drug-likeness (QED) is 0.723. The zero-order chi connectivity index (χ0) is 10.4. The maximum Gasteiger partial charge on any atom is 0.137 e. The van der Waals surface area contributed by atoms with Gasteiger partial charge in [-0.25, -0.2) is 9.97 Å². The predicted octanol–water partition coefficient (Wildman–Crippen LogP) is 1.65. The molecule has 0 saturated heterocycles. The van der Waals surface area contributed by atoms with E-state index in [1.807, 2.05) is 13.1 Å². The monoisotopic (exact) mass is 193 g/mol. The summed E-state index contributed by atoms with van der Waals surface area (Å²) in [5, 5.41) is 6.22. The van der Waals surface area contributed by atoms with E-state index in [9.17, 15) is 0 Å². The lowest BCUT2D eigenvalue weighted by molar-refractivity contribution is 0.794. The molecule has 0 radical (unpaired) electrons. The van der Waals surface area contributed by atoms with Crippen LogP contribution < -0.4 is 0 Å². The average Bonchev–Trinajstić information content (AvgIpc) is 2.75. The lowest BCUT2D eigenvalue weighted by Gasteiger charge is -1.95. The fraction of sp³-hybridized carbons (Fsp3) is 0.444. The number of rotatable bonds is 1. The van der Waals surface area contributed by atoms with E-state index >= 15 is 0 Å². The number of nitrogens with one attached hydrogen (secondary N) is 2. The number of aryl methyl sites for hydroxylation is 1. The van der Waals surface area contributed by atoms with Crippen molar-refractivity contribution in [1.29, 1.82) is 0 Å². The minimum atomic E-state index is 0.519. The van der Waals surface area contributed by atoms with Crippen LogP contribution in [0.2, 0.25) is 0 Å². The van der Waals surface area contributed by atoms with Crippen molar-refractivity contribution in [3.05, 3.63) is 30.4 Å². The van der Waals surface area contributed by atoms with Crippen LogP contribution in [0.5, 0.6) is 0 Å². The molecule has 76 valence electrons. The van der Waals surface area contributed by atoms with Gasteiger partial charge in [-0.2, -0.15) is 5.10 Å². The van der Waals surface area contributed by atoms with Crippen LogP contribution >= 0.6 is 0 Å². The van der Waals surface area contributed by atoms with Crippen LogP contribution in [-0.4, -0.2) is 25.1 Å². The molecule has 5 nitrogen and oxygen atoms in total. The van der Waals surface area contributed by atoms with Crippen molar-refractivity contribution >= 4 is 0 Å². The summed E-state index contributed by atoms with van der Waals surface area (Å²) in [7, 11) is 0. The molecule has 0 spiro atoms. The third-order valence-corrected chi connectivity index (χ3v) is 1.60. The van der Waals surface area contributed by atoms with Gasteiger partial charge in [0.25, 0.3) is 0 Å².